The molecule has 7 nitrogen and oxygen atoms in total. The maximum Gasteiger partial charge on any atom is 0.573 e. The van der Waals surface area contributed by atoms with E-state index in [1.54, 1.807) is 11.1 Å². The highest BCUT2D eigenvalue weighted by molar-refractivity contribution is 5.97. The molecule has 28 heavy (non-hydrogen) atoms. The Bertz CT molecular complexity index is 845. The summed E-state index contributed by atoms with van der Waals surface area (Å²) in [6.07, 6.45) is -1.60. The monoisotopic (exact) mass is 396 g/mol. The van der Waals surface area contributed by atoms with Crippen molar-refractivity contribution in [3.63, 3.8) is 0 Å². The van der Waals surface area contributed by atoms with Gasteiger partial charge in [0, 0.05) is 27.1 Å². The second-order valence-corrected chi connectivity index (χ2v) is 6.43. The summed E-state index contributed by atoms with van der Waals surface area (Å²) in [5, 5.41) is 0. The Morgan fingerprint density at radius 1 is 1.25 bits per heavy atom. The van der Waals surface area contributed by atoms with Crippen LogP contribution >= 0.6 is 0 Å². The molecule has 1 aliphatic rings. The third-order valence-electron chi connectivity index (χ3n) is 4.12. The molecule has 0 bridgehead atoms. The Morgan fingerprint density at radius 3 is 2.71 bits per heavy atom. The highest BCUT2D eigenvalue weighted by atomic mass is 19.4. The van der Waals surface area contributed by atoms with Crippen molar-refractivity contribution in [1.82, 2.24) is 14.9 Å². The van der Waals surface area contributed by atoms with Crippen LogP contribution < -0.4 is 14.4 Å². The van der Waals surface area contributed by atoms with Crippen LogP contribution in [0.25, 0.3) is 0 Å². The van der Waals surface area contributed by atoms with E-state index >= 15 is 0 Å². The Kier molecular flexibility index (Phi) is 5.57. The van der Waals surface area contributed by atoms with E-state index in [4.69, 9.17) is 4.74 Å². The number of carbonyl (C=O) groups is 1. The Balaban J connectivity index is 1.67. The maximum atomic E-state index is 12.7. The molecule has 3 rings (SSSR count). The second kappa shape index (κ2) is 7.91. The smallest absolute Gasteiger partial charge is 0.471 e. The SMILES string of the molecule is CN(C)c1cncc(OC2CCN(C(=O)c3ccccc3OC(F)(F)F)C2)n1. The lowest BCUT2D eigenvalue weighted by Gasteiger charge is -2.19. The van der Waals surface area contributed by atoms with E-state index in [9.17, 15) is 18.0 Å². The number of rotatable bonds is 5. The molecular weight excluding hydrogens is 377 g/mol. The van der Waals surface area contributed by atoms with Crippen LogP contribution in [0.5, 0.6) is 11.6 Å². The van der Waals surface area contributed by atoms with Crippen molar-refractivity contribution in [1.29, 1.82) is 0 Å². The summed E-state index contributed by atoms with van der Waals surface area (Å²) in [5.74, 6) is -0.110. The third kappa shape index (κ3) is 4.81. The van der Waals surface area contributed by atoms with Crippen molar-refractivity contribution < 1.29 is 27.4 Å². The summed E-state index contributed by atoms with van der Waals surface area (Å²) in [5.41, 5.74) is -0.144. The summed E-state index contributed by atoms with van der Waals surface area (Å²) in [7, 11) is 3.65. The molecule has 0 N–H and O–H groups in total. The minimum absolute atomic E-state index is 0.144. The molecule has 2 aromatic rings. The molecule has 10 heteroatoms. The topological polar surface area (TPSA) is 67.8 Å². The van der Waals surface area contributed by atoms with Crippen molar-refractivity contribution in [2.45, 2.75) is 18.9 Å². The third-order valence-corrected chi connectivity index (χ3v) is 4.12. The molecule has 1 aromatic carbocycles. The minimum atomic E-state index is -4.87. The predicted octanol–water partition coefficient (Wildman–Crippen LogP) is 2.73. The quantitative estimate of drug-likeness (QED) is 0.774. The zero-order valence-corrected chi connectivity index (χ0v) is 15.3. The van der Waals surface area contributed by atoms with Gasteiger partial charge in [0.15, 0.2) is 5.82 Å². The molecular formula is C18H19F3N4O3. The van der Waals surface area contributed by atoms with Crippen molar-refractivity contribution in [3.05, 3.63) is 42.2 Å². The first-order chi connectivity index (χ1) is 13.2. The average molecular weight is 396 g/mol. The van der Waals surface area contributed by atoms with E-state index in [2.05, 4.69) is 14.7 Å². The standard InChI is InChI=1S/C18H19F3N4O3/c1-24(2)15-9-22-10-16(23-15)27-12-7-8-25(11-12)17(26)13-5-3-4-6-14(13)28-18(19,20)21/h3-6,9-10,12H,7-8,11H2,1-2H3. The molecule has 1 fully saturated rings. The van der Waals surface area contributed by atoms with Gasteiger partial charge in [-0.1, -0.05) is 12.1 Å². The van der Waals surface area contributed by atoms with E-state index < -0.39 is 18.0 Å². The lowest BCUT2D eigenvalue weighted by molar-refractivity contribution is -0.274. The van der Waals surface area contributed by atoms with E-state index in [1.165, 1.54) is 29.3 Å². The number of aromatic nitrogens is 2. The normalized spacial score (nSPS) is 16.8. The van der Waals surface area contributed by atoms with E-state index in [0.29, 0.717) is 24.7 Å². The summed E-state index contributed by atoms with van der Waals surface area (Å²) in [4.78, 5) is 24.3. The average Bonchev–Trinajstić information content (AvgIpc) is 3.09. The van der Waals surface area contributed by atoms with Crippen LogP contribution in [0.4, 0.5) is 19.0 Å². The molecule has 1 aromatic heterocycles. The maximum absolute atomic E-state index is 12.7. The number of likely N-dealkylation sites (tertiary alicyclic amines) is 1. The Hall–Kier alpha value is -3.04. The molecule has 1 saturated heterocycles. The predicted molar refractivity (Wildman–Crippen MR) is 94.4 cm³/mol. The molecule has 0 saturated carbocycles. The van der Waals surface area contributed by atoms with Crippen molar-refractivity contribution in [2.75, 3.05) is 32.1 Å². The molecule has 1 unspecified atom stereocenters. The number of para-hydroxylation sites is 1. The first kappa shape index (κ1) is 19.7. The van der Waals surface area contributed by atoms with Gasteiger partial charge in [-0.05, 0) is 12.1 Å². The Labute approximate surface area is 159 Å². The number of benzene rings is 1. The number of amides is 1. The number of hydrogen-bond donors (Lipinski definition) is 0. The van der Waals surface area contributed by atoms with E-state index in [0.717, 1.165) is 6.07 Å². The number of carbonyl (C=O) groups excluding carboxylic acids is 1. The van der Waals surface area contributed by atoms with Gasteiger partial charge in [-0.2, -0.15) is 4.98 Å². The minimum Gasteiger partial charge on any atom is -0.471 e. The van der Waals surface area contributed by atoms with Gasteiger partial charge < -0.3 is 19.3 Å². The van der Waals surface area contributed by atoms with Crippen LogP contribution in [-0.2, 0) is 0 Å². The molecule has 0 aliphatic carbocycles. The molecule has 1 atom stereocenters. The first-order valence-corrected chi connectivity index (χ1v) is 8.53. The van der Waals surface area contributed by atoms with Crippen molar-refractivity contribution in [2.24, 2.45) is 0 Å². The van der Waals surface area contributed by atoms with Crippen LogP contribution in [0.1, 0.15) is 16.8 Å². The Morgan fingerprint density at radius 2 is 2.00 bits per heavy atom. The fraction of sp³-hybridized carbons (Fsp3) is 0.389. The largest absolute Gasteiger partial charge is 0.573 e. The fourth-order valence-electron chi connectivity index (χ4n) is 2.82. The van der Waals surface area contributed by atoms with Crippen LogP contribution in [-0.4, -0.2) is 60.4 Å². The molecule has 0 radical (unpaired) electrons. The molecule has 1 aliphatic heterocycles. The zero-order valence-electron chi connectivity index (χ0n) is 15.3. The number of alkyl halides is 3. The summed E-state index contributed by atoms with van der Waals surface area (Å²) >= 11 is 0. The number of ether oxygens (including phenoxy) is 2. The van der Waals surface area contributed by atoms with E-state index in [1.807, 2.05) is 14.1 Å². The van der Waals surface area contributed by atoms with Crippen LogP contribution in [0.15, 0.2) is 36.7 Å². The number of nitrogens with zero attached hydrogens (tertiary/aromatic N) is 4. The lowest BCUT2D eigenvalue weighted by atomic mass is 10.2. The first-order valence-electron chi connectivity index (χ1n) is 8.53. The van der Waals surface area contributed by atoms with Gasteiger partial charge in [-0.25, -0.2) is 0 Å². The molecule has 150 valence electrons. The van der Waals surface area contributed by atoms with Gasteiger partial charge >= 0.3 is 6.36 Å². The van der Waals surface area contributed by atoms with Crippen molar-refractivity contribution in [3.8, 4) is 11.6 Å². The highest BCUT2D eigenvalue weighted by Crippen LogP contribution is 2.28. The molecule has 2 heterocycles. The van der Waals surface area contributed by atoms with Crippen LogP contribution in [0.3, 0.4) is 0 Å². The van der Waals surface area contributed by atoms with Gasteiger partial charge in [0.2, 0.25) is 5.88 Å². The summed E-state index contributed by atoms with van der Waals surface area (Å²) in [6.45, 7) is 0.581. The van der Waals surface area contributed by atoms with Gasteiger partial charge in [-0.15, -0.1) is 13.2 Å². The molecule has 1 amide bonds. The zero-order chi connectivity index (χ0) is 20.3. The van der Waals surface area contributed by atoms with E-state index in [-0.39, 0.29) is 18.2 Å². The summed E-state index contributed by atoms with van der Waals surface area (Å²) in [6, 6.07) is 5.30. The van der Waals surface area contributed by atoms with Gasteiger partial charge in [0.25, 0.3) is 5.91 Å². The van der Waals surface area contributed by atoms with Crippen LogP contribution in [0, 0.1) is 0 Å². The highest BCUT2D eigenvalue weighted by Gasteiger charge is 2.35. The number of hydrogen-bond acceptors (Lipinski definition) is 6. The number of anilines is 1. The van der Waals surface area contributed by atoms with Crippen molar-refractivity contribution >= 4 is 11.7 Å². The number of halogens is 3. The van der Waals surface area contributed by atoms with Crippen LogP contribution in [0.2, 0.25) is 0 Å². The lowest BCUT2D eigenvalue weighted by Crippen LogP contribution is -2.32. The van der Waals surface area contributed by atoms with Gasteiger partial charge in [-0.3, -0.25) is 9.78 Å². The van der Waals surface area contributed by atoms with Gasteiger partial charge in [0.1, 0.15) is 11.9 Å². The second-order valence-electron chi connectivity index (χ2n) is 6.43. The fourth-order valence-corrected chi connectivity index (χ4v) is 2.82. The summed E-state index contributed by atoms with van der Waals surface area (Å²) < 4.78 is 47.5. The van der Waals surface area contributed by atoms with Gasteiger partial charge in [0.05, 0.1) is 24.5 Å². The molecule has 0 spiro atoms.